The molecule has 1 unspecified atom stereocenters. The summed E-state index contributed by atoms with van der Waals surface area (Å²) in [4.78, 5) is 12.8. The maximum atomic E-state index is 13.1. The molecule has 0 aromatic heterocycles. The average Bonchev–Trinajstić information content (AvgIpc) is 2.64. The number of anilines is 2. The van der Waals surface area contributed by atoms with E-state index < -0.39 is 21.9 Å². The Labute approximate surface area is 164 Å². The lowest BCUT2D eigenvalue weighted by Gasteiger charge is -2.25. The highest BCUT2D eigenvalue weighted by atomic mass is 32.2. The molecule has 0 saturated carbocycles. The van der Waals surface area contributed by atoms with Gasteiger partial charge in [-0.3, -0.25) is 9.10 Å². The van der Waals surface area contributed by atoms with Gasteiger partial charge in [-0.2, -0.15) is 0 Å². The number of amides is 1. The zero-order valence-electron chi connectivity index (χ0n) is 15.9. The highest BCUT2D eigenvalue weighted by Gasteiger charge is 2.21. The zero-order valence-corrected chi connectivity index (χ0v) is 16.7. The first-order valence-corrected chi connectivity index (χ1v) is 10.3. The van der Waals surface area contributed by atoms with E-state index in [0.717, 1.165) is 22.7 Å². The second-order valence-corrected chi connectivity index (χ2v) is 8.21. The van der Waals surface area contributed by atoms with E-state index in [-0.39, 0.29) is 24.7 Å². The smallest absolute Gasteiger partial charge is 0.232 e. The van der Waals surface area contributed by atoms with Crippen LogP contribution in [0.3, 0.4) is 0 Å². The van der Waals surface area contributed by atoms with E-state index in [1.807, 2.05) is 0 Å². The number of ether oxygens (including phenoxy) is 1. The maximum Gasteiger partial charge on any atom is 0.232 e. The zero-order chi connectivity index (χ0) is 20.9. The third-order valence-electron chi connectivity index (χ3n) is 4.03. The van der Waals surface area contributed by atoms with Crippen molar-refractivity contribution in [3.8, 4) is 5.75 Å². The van der Waals surface area contributed by atoms with Crippen molar-refractivity contribution in [2.45, 2.75) is 13.0 Å². The number of hydrogen-bond acceptors (Lipinski definition) is 5. The van der Waals surface area contributed by atoms with Crippen LogP contribution in [0.15, 0.2) is 48.5 Å². The van der Waals surface area contributed by atoms with E-state index in [4.69, 9.17) is 4.74 Å². The molecule has 0 aliphatic heterocycles. The van der Waals surface area contributed by atoms with E-state index >= 15 is 0 Å². The van der Waals surface area contributed by atoms with E-state index in [1.165, 1.54) is 24.0 Å². The molecule has 0 spiro atoms. The summed E-state index contributed by atoms with van der Waals surface area (Å²) in [7, 11) is -2.02. The van der Waals surface area contributed by atoms with Crippen LogP contribution >= 0.6 is 0 Å². The van der Waals surface area contributed by atoms with Gasteiger partial charge >= 0.3 is 0 Å². The van der Waals surface area contributed by atoms with Crippen LogP contribution in [-0.2, 0) is 14.8 Å². The lowest BCUT2D eigenvalue weighted by Crippen LogP contribution is -2.39. The van der Waals surface area contributed by atoms with Crippen molar-refractivity contribution in [2.24, 2.45) is 0 Å². The number of halogens is 1. The first-order valence-electron chi connectivity index (χ1n) is 8.46. The number of rotatable bonds is 8. The molecule has 1 N–H and O–H groups in total. The summed E-state index contributed by atoms with van der Waals surface area (Å²) in [6.45, 7) is 1.07. The largest absolute Gasteiger partial charge is 0.491 e. The lowest BCUT2D eigenvalue weighted by atomic mass is 10.2. The van der Waals surface area contributed by atoms with Gasteiger partial charge in [-0.15, -0.1) is 0 Å². The van der Waals surface area contributed by atoms with Gasteiger partial charge in [0.2, 0.25) is 15.9 Å². The normalized spacial score (nSPS) is 12.3. The fraction of sp³-hybridized carbons (Fsp3) is 0.316. The molecule has 0 aliphatic rings. The van der Waals surface area contributed by atoms with E-state index in [0.29, 0.717) is 11.4 Å². The van der Waals surface area contributed by atoms with Crippen LogP contribution in [0, 0.1) is 5.82 Å². The SMILES string of the molecule is CC(=O)N(C)c1ccc(OCC(O)CN(c2ccc(F)cc2)S(C)(=O)=O)cc1. The molecule has 0 aliphatic carbocycles. The molecule has 0 heterocycles. The minimum atomic E-state index is -3.67. The Hall–Kier alpha value is -2.65. The summed E-state index contributed by atoms with van der Waals surface area (Å²) in [5.41, 5.74) is 0.944. The molecule has 9 heteroatoms. The lowest BCUT2D eigenvalue weighted by molar-refractivity contribution is -0.116. The number of benzene rings is 2. The third-order valence-corrected chi connectivity index (χ3v) is 5.19. The van der Waals surface area contributed by atoms with Crippen molar-refractivity contribution >= 4 is 27.3 Å². The Balaban J connectivity index is 2.00. The van der Waals surface area contributed by atoms with Crippen LogP contribution in [0.4, 0.5) is 15.8 Å². The van der Waals surface area contributed by atoms with Gasteiger partial charge in [0.25, 0.3) is 0 Å². The number of aliphatic hydroxyl groups excluding tert-OH is 1. The Bertz CT molecular complexity index is 901. The first-order chi connectivity index (χ1) is 13.1. The molecule has 0 fully saturated rings. The molecule has 152 valence electrons. The Morgan fingerprint density at radius 1 is 1.11 bits per heavy atom. The third kappa shape index (κ3) is 5.93. The standard InChI is InChI=1S/C19H23FN2O5S/c1-14(23)21(2)16-8-10-19(11-9-16)27-13-18(24)12-22(28(3,25)26)17-6-4-15(20)5-7-17/h4-11,18,24H,12-13H2,1-3H3. The minimum absolute atomic E-state index is 0.106. The van der Waals surface area contributed by atoms with Gasteiger partial charge in [-0.05, 0) is 48.5 Å². The Morgan fingerprint density at radius 2 is 1.64 bits per heavy atom. The fourth-order valence-corrected chi connectivity index (χ4v) is 3.37. The summed E-state index contributed by atoms with van der Waals surface area (Å²) < 4.78 is 43.6. The fourth-order valence-electron chi connectivity index (χ4n) is 2.42. The van der Waals surface area contributed by atoms with Gasteiger partial charge in [0.1, 0.15) is 24.3 Å². The van der Waals surface area contributed by atoms with Gasteiger partial charge in [0.15, 0.2) is 0 Å². The number of carbonyl (C=O) groups excluding carboxylic acids is 1. The number of hydrogen-bond donors (Lipinski definition) is 1. The highest BCUT2D eigenvalue weighted by molar-refractivity contribution is 7.92. The summed E-state index contributed by atoms with van der Waals surface area (Å²) in [6, 6.07) is 11.6. The van der Waals surface area contributed by atoms with Crippen LogP contribution in [-0.4, -0.2) is 52.0 Å². The molecule has 0 bridgehead atoms. The van der Waals surface area contributed by atoms with Crippen molar-refractivity contribution < 1.29 is 27.4 Å². The van der Waals surface area contributed by atoms with Crippen molar-refractivity contribution in [2.75, 3.05) is 35.7 Å². The second kappa shape index (κ2) is 9.03. The Morgan fingerprint density at radius 3 is 2.14 bits per heavy atom. The molecular formula is C19H23FN2O5S. The molecule has 0 radical (unpaired) electrons. The predicted octanol–water partition coefficient (Wildman–Crippen LogP) is 2.01. The van der Waals surface area contributed by atoms with Gasteiger partial charge in [0, 0.05) is 19.7 Å². The highest BCUT2D eigenvalue weighted by Crippen LogP contribution is 2.20. The molecule has 0 saturated heterocycles. The minimum Gasteiger partial charge on any atom is -0.491 e. The van der Waals surface area contributed by atoms with Gasteiger partial charge < -0.3 is 14.7 Å². The molecule has 1 amide bonds. The van der Waals surface area contributed by atoms with Crippen LogP contribution < -0.4 is 13.9 Å². The van der Waals surface area contributed by atoms with Crippen LogP contribution in [0.1, 0.15) is 6.92 Å². The predicted molar refractivity (Wildman–Crippen MR) is 106 cm³/mol. The number of carbonyl (C=O) groups is 1. The van der Waals surface area contributed by atoms with E-state index in [1.54, 1.807) is 31.3 Å². The second-order valence-electron chi connectivity index (χ2n) is 6.31. The van der Waals surface area contributed by atoms with Gasteiger partial charge in [-0.1, -0.05) is 0 Å². The van der Waals surface area contributed by atoms with Crippen molar-refractivity contribution in [1.82, 2.24) is 0 Å². The molecule has 2 aromatic rings. The summed E-state index contributed by atoms with van der Waals surface area (Å²) in [6.07, 6.45) is -0.104. The Kier molecular flexibility index (Phi) is 6.98. The van der Waals surface area contributed by atoms with Crippen molar-refractivity contribution in [3.63, 3.8) is 0 Å². The molecule has 1 atom stereocenters. The molecule has 7 nitrogen and oxygen atoms in total. The molecule has 2 aromatic carbocycles. The number of nitrogens with zero attached hydrogens (tertiary/aromatic N) is 2. The quantitative estimate of drug-likeness (QED) is 0.719. The first kappa shape index (κ1) is 21.6. The summed E-state index contributed by atoms with van der Waals surface area (Å²) in [5, 5.41) is 10.2. The van der Waals surface area contributed by atoms with E-state index in [2.05, 4.69) is 0 Å². The van der Waals surface area contributed by atoms with Gasteiger partial charge in [-0.25, -0.2) is 12.8 Å². The average molecular weight is 410 g/mol. The number of aliphatic hydroxyl groups is 1. The monoisotopic (exact) mass is 410 g/mol. The van der Waals surface area contributed by atoms with Crippen LogP contribution in [0.25, 0.3) is 0 Å². The topological polar surface area (TPSA) is 87.2 Å². The maximum absolute atomic E-state index is 13.1. The molecule has 2 rings (SSSR count). The molecular weight excluding hydrogens is 387 g/mol. The summed E-state index contributed by atoms with van der Waals surface area (Å²) in [5.74, 6) is -0.127. The van der Waals surface area contributed by atoms with E-state index in [9.17, 15) is 22.7 Å². The number of sulfonamides is 1. The molecule has 28 heavy (non-hydrogen) atoms. The van der Waals surface area contributed by atoms with Crippen LogP contribution in [0.5, 0.6) is 5.75 Å². The summed E-state index contributed by atoms with van der Waals surface area (Å²) >= 11 is 0. The van der Waals surface area contributed by atoms with Crippen LogP contribution in [0.2, 0.25) is 0 Å². The van der Waals surface area contributed by atoms with Gasteiger partial charge in [0.05, 0.1) is 18.5 Å². The van der Waals surface area contributed by atoms with Crippen molar-refractivity contribution in [1.29, 1.82) is 0 Å². The van der Waals surface area contributed by atoms with Crippen molar-refractivity contribution in [3.05, 3.63) is 54.3 Å².